The topological polar surface area (TPSA) is 55.8 Å². The number of carboxylic acids is 1. The van der Waals surface area contributed by atoms with Crippen LogP contribution in [0.25, 0.3) is 0 Å². The standard InChI is InChI=1S/C14H18O4/c15-14(16)10-11-4-6-13(7-5-11)18-9-8-17-12-2-1-3-12/h4-7,12H,1-3,8-10H2,(H,15,16). The van der Waals surface area contributed by atoms with E-state index in [1.807, 2.05) is 0 Å². The molecule has 1 aromatic rings. The van der Waals surface area contributed by atoms with E-state index >= 15 is 0 Å². The number of hydrogen-bond acceptors (Lipinski definition) is 3. The maximum absolute atomic E-state index is 10.5. The van der Waals surface area contributed by atoms with E-state index in [-0.39, 0.29) is 6.42 Å². The smallest absolute Gasteiger partial charge is 0.307 e. The predicted octanol–water partition coefficient (Wildman–Crippen LogP) is 2.26. The van der Waals surface area contributed by atoms with Crippen LogP contribution in [0.4, 0.5) is 0 Å². The summed E-state index contributed by atoms with van der Waals surface area (Å²) in [7, 11) is 0. The van der Waals surface area contributed by atoms with Crippen LogP contribution in [-0.4, -0.2) is 30.4 Å². The van der Waals surface area contributed by atoms with Gasteiger partial charge in [-0.05, 0) is 37.0 Å². The molecule has 0 saturated heterocycles. The molecule has 0 atom stereocenters. The molecule has 0 heterocycles. The maximum Gasteiger partial charge on any atom is 0.307 e. The molecule has 1 aromatic carbocycles. The molecule has 1 N–H and O–H groups in total. The third-order valence-corrected chi connectivity index (χ3v) is 3.04. The predicted molar refractivity (Wildman–Crippen MR) is 66.9 cm³/mol. The highest BCUT2D eigenvalue weighted by molar-refractivity contribution is 5.70. The van der Waals surface area contributed by atoms with E-state index in [1.165, 1.54) is 19.3 Å². The van der Waals surface area contributed by atoms with Crippen molar-refractivity contribution in [3.8, 4) is 5.75 Å². The number of carboxylic acid groups (broad SMARTS) is 1. The second kappa shape index (κ2) is 6.40. The molecule has 0 radical (unpaired) electrons. The second-order valence-electron chi connectivity index (χ2n) is 4.49. The van der Waals surface area contributed by atoms with Crippen LogP contribution in [0.2, 0.25) is 0 Å². The Kier molecular flexibility index (Phi) is 4.59. The third kappa shape index (κ3) is 4.04. The fourth-order valence-corrected chi connectivity index (χ4v) is 1.79. The van der Waals surface area contributed by atoms with Crippen LogP contribution >= 0.6 is 0 Å². The first-order valence-corrected chi connectivity index (χ1v) is 6.29. The van der Waals surface area contributed by atoms with Crippen molar-refractivity contribution in [2.24, 2.45) is 0 Å². The van der Waals surface area contributed by atoms with Gasteiger partial charge in [-0.2, -0.15) is 0 Å². The Morgan fingerprint density at radius 2 is 1.94 bits per heavy atom. The van der Waals surface area contributed by atoms with E-state index in [9.17, 15) is 4.79 Å². The lowest BCUT2D eigenvalue weighted by Gasteiger charge is -2.25. The molecule has 1 saturated carbocycles. The third-order valence-electron chi connectivity index (χ3n) is 3.04. The number of hydrogen-bond donors (Lipinski definition) is 1. The summed E-state index contributed by atoms with van der Waals surface area (Å²) in [4.78, 5) is 10.5. The lowest BCUT2D eigenvalue weighted by atomic mass is 9.96. The SMILES string of the molecule is O=C(O)Cc1ccc(OCCOC2CCC2)cc1. The van der Waals surface area contributed by atoms with Gasteiger partial charge in [-0.1, -0.05) is 12.1 Å². The fraction of sp³-hybridized carbons (Fsp3) is 0.500. The highest BCUT2D eigenvalue weighted by Gasteiger charge is 2.17. The van der Waals surface area contributed by atoms with Crippen molar-refractivity contribution < 1.29 is 19.4 Å². The van der Waals surface area contributed by atoms with E-state index in [2.05, 4.69) is 0 Å². The van der Waals surface area contributed by atoms with Gasteiger partial charge in [0, 0.05) is 0 Å². The van der Waals surface area contributed by atoms with Gasteiger partial charge in [-0.15, -0.1) is 0 Å². The van der Waals surface area contributed by atoms with Crippen molar-refractivity contribution in [2.75, 3.05) is 13.2 Å². The molecule has 0 aliphatic heterocycles. The first-order valence-electron chi connectivity index (χ1n) is 6.29. The number of carbonyl (C=O) groups is 1. The van der Waals surface area contributed by atoms with Crippen molar-refractivity contribution in [2.45, 2.75) is 31.8 Å². The highest BCUT2D eigenvalue weighted by atomic mass is 16.5. The van der Waals surface area contributed by atoms with Crippen molar-refractivity contribution in [3.05, 3.63) is 29.8 Å². The minimum absolute atomic E-state index is 0.0467. The Hall–Kier alpha value is -1.55. The van der Waals surface area contributed by atoms with E-state index < -0.39 is 5.97 Å². The van der Waals surface area contributed by atoms with Crippen LogP contribution in [-0.2, 0) is 16.0 Å². The van der Waals surface area contributed by atoms with Gasteiger partial charge in [0.25, 0.3) is 0 Å². The van der Waals surface area contributed by atoms with Crippen LogP contribution in [0.1, 0.15) is 24.8 Å². The van der Waals surface area contributed by atoms with Gasteiger partial charge in [0.15, 0.2) is 0 Å². The van der Waals surface area contributed by atoms with Crippen molar-refractivity contribution >= 4 is 5.97 Å². The number of rotatable bonds is 7. The molecule has 18 heavy (non-hydrogen) atoms. The summed E-state index contributed by atoms with van der Waals surface area (Å²) in [5, 5.41) is 8.64. The Morgan fingerprint density at radius 1 is 1.22 bits per heavy atom. The first-order chi connectivity index (χ1) is 8.74. The van der Waals surface area contributed by atoms with Crippen LogP contribution < -0.4 is 4.74 Å². The average Bonchev–Trinajstić information content (AvgIpc) is 2.28. The minimum Gasteiger partial charge on any atom is -0.491 e. The van der Waals surface area contributed by atoms with Crippen molar-refractivity contribution in [1.29, 1.82) is 0 Å². The lowest BCUT2D eigenvalue weighted by Crippen LogP contribution is -2.23. The van der Waals surface area contributed by atoms with Crippen LogP contribution in [0.5, 0.6) is 5.75 Å². The Labute approximate surface area is 107 Å². The highest BCUT2D eigenvalue weighted by Crippen LogP contribution is 2.21. The van der Waals surface area contributed by atoms with E-state index in [4.69, 9.17) is 14.6 Å². The number of benzene rings is 1. The molecule has 0 spiro atoms. The molecule has 0 aromatic heterocycles. The Morgan fingerprint density at radius 3 is 2.50 bits per heavy atom. The molecule has 4 heteroatoms. The largest absolute Gasteiger partial charge is 0.491 e. The molecule has 1 aliphatic carbocycles. The number of ether oxygens (including phenoxy) is 2. The maximum atomic E-state index is 10.5. The fourth-order valence-electron chi connectivity index (χ4n) is 1.79. The lowest BCUT2D eigenvalue weighted by molar-refractivity contribution is -0.136. The van der Waals surface area contributed by atoms with Crippen LogP contribution in [0.15, 0.2) is 24.3 Å². The normalized spacial score (nSPS) is 15.1. The molecule has 98 valence electrons. The summed E-state index contributed by atoms with van der Waals surface area (Å²) in [6.45, 7) is 1.15. The summed E-state index contributed by atoms with van der Waals surface area (Å²) >= 11 is 0. The summed E-state index contributed by atoms with van der Waals surface area (Å²) < 4.78 is 11.1. The molecule has 1 fully saturated rings. The minimum atomic E-state index is -0.822. The quantitative estimate of drug-likeness (QED) is 0.754. The summed E-state index contributed by atoms with van der Waals surface area (Å²) in [5.74, 6) is -0.0704. The molecule has 0 bridgehead atoms. The summed E-state index contributed by atoms with van der Waals surface area (Å²) in [6.07, 6.45) is 4.10. The zero-order valence-electron chi connectivity index (χ0n) is 10.3. The van der Waals surface area contributed by atoms with Gasteiger partial charge >= 0.3 is 5.97 Å². The number of aliphatic carboxylic acids is 1. The molecule has 0 unspecified atom stereocenters. The molecule has 4 nitrogen and oxygen atoms in total. The van der Waals surface area contributed by atoms with E-state index in [0.717, 1.165) is 11.3 Å². The van der Waals surface area contributed by atoms with Crippen molar-refractivity contribution in [3.63, 3.8) is 0 Å². The molecule has 0 amide bonds. The average molecular weight is 250 g/mol. The van der Waals surface area contributed by atoms with Gasteiger partial charge < -0.3 is 14.6 Å². The van der Waals surface area contributed by atoms with Gasteiger partial charge in [-0.25, -0.2) is 0 Å². The van der Waals surface area contributed by atoms with Crippen LogP contribution in [0, 0.1) is 0 Å². The molecular weight excluding hydrogens is 232 g/mol. The summed E-state index contributed by atoms with van der Waals surface area (Å²) in [5.41, 5.74) is 0.778. The molecule has 1 aliphatic rings. The van der Waals surface area contributed by atoms with Gasteiger partial charge in [-0.3, -0.25) is 4.79 Å². The van der Waals surface area contributed by atoms with Gasteiger partial charge in [0.1, 0.15) is 12.4 Å². The van der Waals surface area contributed by atoms with Gasteiger partial charge in [0.05, 0.1) is 19.1 Å². The first kappa shape index (κ1) is 12.9. The Balaban J connectivity index is 1.67. The van der Waals surface area contributed by atoms with Crippen LogP contribution in [0.3, 0.4) is 0 Å². The monoisotopic (exact) mass is 250 g/mol. The zero-order chi connectivity index (χ0) is 12.8. The molecular formula is C14H18O4. The van der Waals surface area contributed by atoms with Gasteiger partial charge in [0.2, 0.25) is 0 Å². The summed E-state index contributed by atoms with van der Waals surface area (Å²) in [6, 6.07) is 7.13. The Bertz CT molecular complexity index is 381. The second-order valence-corrected chi connectivity index (χ2v) is 4.49. The van der Waals surface area contributed by atoms with E-state index in [1.54, 1.807) is 24.3 Å². The molecule has 2 rings (SSSR count). The van der Waals surface area contributed by atoms with E-state index in [0.29, 0.717) is 19.3 Å². The van der Waals surface area contributed by atoms with Crippen molar-refractivity contribution in [1.82, 2.24) is 0 Å². The zero-order valence-corrected chi connectivity index (χ0v) is 10.3.